The fourth-order valence-corrected chi connectivity index (χ4v) is 5.57. The molecule has 0 radical (unpaired) electrons. The number of nitrogens with one attached hydrogen (secondary N) is 1. The average Bonchev–Trinajstić information content (AvgIpc) is 3.09. The minimum absolute atomic E-state index is 0.00717. The van der Waals surface area contributed by atoms with Crippen LogP contribution in [0.5, 0.6) is 0 Å². The van der Waals surface area contributed by atoms with Crippen LogP contribution >= 0.6 is 0 Å². The second-order valence-electron chi connectivity index (χ2n) is 9.36. The Hall–Kier alpha value is -2.49. The van der Waals surface area contributed by atoms with E-state index in [2.05, 4.69) is 10.1 Å². The van der Waals surface area contributed by atoms with Crippen LogP contribution in [0, 0.1) is 5.41 Å². The number of rotatable bonds is 3. The first-order valence-electron chi connectivity index (χ1n) is 11.4. The lowest BCUT2D eigenvalue weighted by Crippen LogP contribution is -2.50. The van der Waals surface area contributed by atoms with Gasteiger partial charge in [0.05, 0.1) is 24.2 Å². The highest BCUT2D eigenvalue weighted by atomic mass is 19.4. The smallest absolute Gasteiger partial charge is 0.418 e. The van der Waals surface area contributed by atoms with Crippen LogP contribution in [0.1, 0.15) is 50.5 Å². The third-order valence-electron chi connectivity index (χ3n) is 7.30. The highest BCUT2D eigenvalue weighted by Crippen LogP contribution is 2.46. The van der Waals surface area contributed by atoms with Gasteiger partial charge < -0.3 is 19.6 Å². The summed E-state index contributed by atoms with van der Waals surface area (Å²) in [7, 11) is 1.14. The second-order valence-corrected chi connectivity index (χ2v) is 9.36. The van der Waals surface area contributed by atoms with Crippen LogP contribution in [0.3, 0.4) is 0 Å². The molecule has 10 heteroatoms. The SMILES string of the molecule is COC(=O)Nc1ccc(N2CCC[C@]3(CCN(C4CCC(O)CC4)C3=O)C2)c(C(F)(F)F)c1. The summed E-state index contributed by atoms with van der Waals surface area (Å²) in [5.41, 5.74) is -1.52. The lowest BCUT2D eigenvalue weighted by atomic mass is 9.78. The number of piperidine rings is 1. The third kappa shape index (κ3) is 4.76. The van der Waals surface area contributed by atoms with Gasteiger partial charge in [-0.2, -0.15) is 13.2 Å². The molecule has 4 rings (SSSR count). The average molecular weight is 470 g/mol. The number of aliphatic hydroxyl groups is 1. The summed E-state index contributed by atoms with van der Waals surface area (Å²) in [4.78, 5) is 28.5. The molecule has 3 fully saturated rings. The maximum atomic E-state index is 13.9. The van der Waals surface area contributed by atoms with Gasteiger partial charge in [0.15, 0.2) is 0 Å². The van der Waals surface area contributed by atoms with Gasteiger partial charge in [-0.15, -0.1) is 0 Å². The Morgan fingerprint density at radius 3 is 2.58 bits per heavy atom. The molecule has 2 aliphatic heterocycles. The minimum atomic E-state index is -4.62. The first-order chi connectivity index (χ1) is 15.6. The molecule has 1 saturated carbocycles. The fraction of sp³-hybridized carbons (Fsp3) is 0.652. The summed E-state index contributed by atoms with van der Waals surface area (Å²) in [6.07, 6.45) is -0.981. The second kappa shape index (κ2) is 9.04. The van der Waals surface area contributed by atoms with E-state index in [-0.39, 0.29) is 36.0 Å². The number of aliphatic hydroxyl groups excluding tert-OH is 1. The van der Waals surface area contributed by atoms with Crippen molar-refractivity contribution in [1.29, 1.82) is 0 Å². The normalized spacial score (nSPS) is 28.3. The van der Waals surface area contributed by atoms with E-state index in [9.17, 15) is 27.9 Å². The zero-order valence-corrected chi connectivity index (χ0v) is 18.7. The van der Waals surface area contributed by atoms with Crippen molar-refractivity contribution in [3.8, 4) is 0 Å². The molecule has 2 N–H and O–H groups in total. The molecular formula is C23H30F3N3O4. The lowest BCUT2D eigenvalue weighted by Gasteiger charge is -2.42. The maximum Gasteiger partial charge on any atom is 0.418 e. The standard InChI is InChI=1S/C23H30F3N3O4/c1-33-21(32)27-15-3-8-19(18(13-15)23(24,25)26)28-11-2-9-22(14-28)10-12-29(20(22)31)16-4-6-17(30)7-5-16/h3,8,13,16-17,30H,2,4-7,9-12,14H2,1H3,(H,27,32)/t16?,17?,22-/m0/s1. The van der Waals surface area contributed by atoms with Crippen LogP contribution in [0.15, 0.2) is 18.2 Å². The van der Waals surface area contributed by atoms with E-state index < -0.39 is 23.2 Å². The zero-order valence-electron chi connectivity index (χ0n) is 18.7. The van der Waals surface area contributed by atoms with Crippen molar-refractivity contribution >= 4 is 23.4 Å². The van der Waals surface area contributed by atoms with E-state index in [1.165, 1.54) is 12.1 Å². The van der Waals surface area contributed by atoms with Crippen LogP contribution in [0.2, 0.25) is 0 Å². The summed E-state index contributed by atoms with van der Waals surface area (Å²) < 4.78 is 46.2. The van der Waals surface area contributed by atoms with Gasteiger partial charge in [-0.05, 0) is 63.1 Å². The van der Waals surface area contributed by atoms with E-state index in [1.807, 2.05) is 4.90 Å². The Morgan fingerprint density at radius 1 is 1.18 bits per heavy atom. The van der Waals surface area contributed by atoms with E-state index in [0.29, 0.717) is 45.2 Å². The molecule has 182 valence electrons. The van der Waals surface area contributed by atoms with Crippen LogP contribution < -0.4 is 10.2 Å². The minimum Gasteiger partial charge on any atom is -0.453 e. The molecule has 7 nitrogen and oxygen atoms in total. The van der Waals surface area contributed by atoms with Crippen LogP contribution in [-0.2, 0) is 15.7 Å². The number of hydrogen-bond donors (Lipinski definition) is 2. The number of carbonyl (C=O) groups is 2. The largest absolute Gasteiger partial charge is 0.453 e. The van der Waals surface area contributed by atoms with Crippen molar-refractivity contribution in [3.63, 3.8) is 0 Å². The molecule has 2 heterocycles. The van der Waals surface area contributed by atoms with Crippen LogP contribution in [0.4, 0.5) is 29.3 Å². The van der Waals surface area contributed by atoms with Crippen molar-refractivity contribution in [2.45, 2.75) is 63.3 Å². The number of benzene rings is 1. The van der Waals surface area contributed by atoms with Gasteiger partial charge in [0.1, 0.15) is 0 Å². The summed E-state index contributed by atoms with van der Waals surface area (Å²) in [6, 6.07) is 3.78. The predicted octanol–water partition coefficient (Wildman–Crippen LogP) is 4.01. The molecule has 0 aromatic heterocycles. The number of ether oxygens (including phenoxy) is 1. The molecule has 1 aliphatic carbocycles. The fourth-order valence-electron chi connectivity index (χ4n) is 5.57. The first-order valence-corrected chi connectivity index (χ1v) is 11.4. The number of methoxy groups -OCH3 is 1. The molecule has 3 aliphatic rings. The number of likely N-dealkylation sites (tertiary alicyclic amines) is 1. The zero-order chi connectivity index (χ0) is 23.8. The van der Waals surface area contributed by atoms with Gasteiger partial charge in [-0.1, -0.05) is 0 Å². The van der Waals surface area contributed by atoms with Crippen molar-refractivity contribution in [2.24, 2.45) is 5.41 Å². The summed E-state index contributed by atoms with van der Waals surface area (Å²) in [6.45, 7) is 1.28. The molecule has 33 heavy (non-hydrogen) atoms. The number of anilines is 2. The van der Waals surface area contributed by atoms with Crippen molar-refractivity contribution < 1.29 is 32.6 Å². The maximum absolute atomic E-state index is 13.9. The molecule has 0 bridgehead atoms. The van der Waals surface area contributed by atoms with Crippen molar-refractivity contribution in [3.05, 3.63) is 23.8 Å². The molecule has 1 aromatic carbocycles. The number of carbonyl (C=O) groups excluding carboxylic acids is 2. The third-order valence-corrected chi connectivity index (χ3v) is 7.30. The predicted molar refractivity (Wildman–Crippen MR) is 116 cm³/mol. The van der Waals surface area contributed by atoms with Gasteiger partial charge in [0.2, 0.25) is 5.91 Å². The van der Waals surface area contributed by atoms with Crippen LogP contribution in [-0.4, -0.2) is 60.9 Å². The van der Waals surface area contributed by atoms with E-state index in [0.717, 1.165) is 26.0 Å². The Balaban J connectivity index is 1.56. The summed E-state index contributed by atoms with van der Waals surface area (Å²) >= 11 is 0. The molecule has 1 aromatic rings. The Labute approximate surface area is 190 Å². The molecule has 1 atom stereocenters. The van der Waals surface area contributed by atoms with Gasteiger partial charge >= 0.3 is 12.3 Å². The van der Waals surface area contributed by atoms with Gasteiger partial charge in [0, 0.05) is 37.1 Å². The van der Waals surface area contributed by atoms with E-state index >= 15 is 0 Å². The topological polar surface area (TPSA) is 82.1 Å². The summed E-state index contributed by atoms with van der Waals surface area (Å²) in [5.74, 6) is 0.0335. The number of nitrogens with zero attached hydrogens (tertiary/aromatic N) is 2. The quantitative estimate of drug-likeness (QED) is 0.699. The highest BCUT2D eigenvalue weighted by Gasteiger charge is 2.51. The van der Waals surface area contributed by atoms with E-state index in [1.54, 1.807) is 4.90 Å². The van der Waals surface area contributed by atoms with Gasteiger partial charge in [0.25, 0.3) is 0 Å². The summed E-state index contributed by atoms with van der Waals surface area (Å²) in [5, 5.41) is 12.1. The number of amides is 2. The van der Waals surface area contributed by atoms with Gasteiger partial charge in [-0.25, -0.2) is 4.79 Å². The first kappa shape index (κ1) is 23.7. The van der Waals surface area contributed by atoms with Crippen molar-refractivity contribution in [2.75, 3.05) is 37.0 Å². The Morgan fingerprint density at radius 2 is 1.91 bits per heavy atom. The highest BCUT2D eigenvalue weighted by molar-refractivity contribution is 5.87. The number of halogens is 3. The van der Waals surface area contributed by atoms with Crippen LogP contribution in [0.25, 0.3) is 0 Å². The van der Waals surface area contributed by atoms with Gasteiger partial charge in [-0.3, -0.25) is 10.1 Å². The molecular weight excluding hydrogens is 439 g/mol. The lowest BCUT2D eigenvalue weighted by molar-refractivity contribution is -0.139. The Bertz CT molecular complexity index is 901. The van der Waals surface area contributed by atoms with E-state index in [4.69, 9.17) is 0 Å². The number of alkyl halides is 3. The molecule has 2 amide bonds. The molecule has 0 unspecified atom stereocenters. The Kier molecular flexibility index (Phi) is 6.48. The monoisotopic (exact) mass is 469 g/mol. The molecule has 2 saturated heterocycles. The number of hydrogen-bond acceptors (Lipinski definition) is 5. The van der Waals surface area contributed by atoms with Crippen molar-refractivity contribution in [1.82, 2.24) is 4.90 Å². The molecule has 1 spiro atoms.